The van der Waals surface area contributed by atoms with Crippen LogP contribution in [-0.2, 0) is 38.1 Å². The lowest BCUT2D eigenvalue weighted by molar-refractivity contribution is -0.157. The van der Waals surface area contributed by atoms with Crippen molar-refractivity contribution in [3.63, 3.8) is 0 Å². The van der Waals surface area contributed by atoms with Crippen LogP contribution < -0.4 is 14.8 Å². The van der Waals surface area contributed by atoms with Gasteiger partial charge in [-0.05, 0) is 74.8 Å². The van der Waals surface area contributed by atoms with Crippen molar-refractivity contribution in [1.29, 1.82) is 0 Å². The Kier molecular flexibility index (Phi) is 13.3. The lowest BCUT2D eigenvalue weighted by Gasteiger charge is -2.35. The topological polar surface area (TPSA) is 165 Å². The number of methoxy groups -OCH3 is 3. The molecule has 3 aromatic rings. The number of rotatable bonds is 19. The van der Waals surface area contributed by atoms with E-state index in [-0.39, 0.29) is 62.2 Å². The minimum atomic E-state index is -0.914. The van der Waals surface area contributed by atoms with Crippen LogP contribution in [0.5, 0.6) is 11.5 Å². The van der Waals surface area contributed by atoms with Crippen molar-refractivity contribution in [2.24, 2.45) is 34.5 Å². The highest BCUT2D eigenvalue weighted by molar-refractivity contribution is 7.14. The van der Waals surface area contributed by atoms with Crippen molar-refractivity contribution in [3.8, 4) is 22.9 Å². The average Bonchev–Trinajstić information content (AvgIpc) is 3.88. The molecule has 8 atom stereocenters. The highest BCUT2D eigenvalue weighted by Gasteiger charge is 2.62. The summed E-state index contributed by atoms with van der Waals surface area (Å²) in [6, 6.07) is 6.64. The van der Waals surface area contributed by atoms with Crippen LogP contribution in [0.2, 0.25) is 0 Å². The van der Waals surface area contributed by atoms with Crippen LogP contribution in [-0.4, -0.2) is 104 Å². The fraction of sp³-hybridized carbons (Fsp3) is 0.652. The third kappa shape index (κ3) is 9.99. The first kappa shape index (κ1) is 44.7. The van der Waals surface area contributed by atoms with Gasteiger partial charge in [-0.1, -0.05) is 34.1 Å². The number of carbonyl (C=O) groups excluding carboxylic acids is 4. The largest absolute Gasteiger partial charge is 0.488 e. The maximum atomic E-state index is 14.9. The van der Waals surface area contributed by atoms with Crippen molar-refractivity contribution in [2.75, 3.05) is 39.8 Å². The van der Waals surface area contributed by atoms with Crippen LogP contribution in [0.15, 0.2) is 29.6 Å². The van der Waals surface area contributed by atoms with Gasteiger partial charge in [0.1, 0.15) is 36.0 Å². The summed E-state index contributed by atoms with van der Waals surface area (Å²) >= 11 is 1.47. The summed E-state index contributed by atoms with van der Waals surface area (Å²) in [5.41, 5.74) is 0.271. The van der Waals surface area contributed by atoms with Gasteiger partial charge in [-0.2, -0.15) is 0 Å². The summed E-state index contributed by atoms with van der Waals surface area (Å²) < 4.78 is 34.6. The number of ketones is 1. The maximum Gasteiger partial charge on any atom is 0.312 e. The van der Waals surface area contributed by atoms with E-state index in [4.69, 9.17) is 38.4 Å². The number of nitrogens with zero attached hydrogens (tertiary/aromatic N) is 3. The Labute approximate surface area is 362 Å². The Hall–Kier alpha value is -4.34. The predicted octanol–water partition coefficient (Wildman–Crippen LogP) is 7.47. The minimum Gasteiger partial charge on any atom is -0.488 e. The molecule has 0 bridgehead atoms. The zero-order chi connectivity index (χ0) is 43.8. The van der Waals surface area contributed by atoms with Crippen LogP contribution in [0.4, 0.5) is 5.13 Å². The monoisotopic (exact) mass is 862 g/mol. The second-order valence-electron chi connectivity index (χ2n) is 18.8. The fourth-order valence-corrected chi connectivity index (χ4v) is 10.3. The van der Waals surface area contributed by atoms with E-state index < -0.39 is 47.1 Å². The number of Topliss-reactive ketones (excluding diaryl/α,β-unsaturated/α-hetero) is 1. The quantitative estimate of drug-likeness (QED) is 0.0934. The molecule has 3 heterocycles. The molecular weight excluding hydrogens is 801 g/mol. The molecular formula is C46H62N4O10S. The van der Waals surface area contributed by atoms with Gasteiger partial charge < -0.3 is 38.6 Å². The van der Waals surface area contributed by atoms with E-state index in [1.165, 1.54) is 24.9 Å². The summed E-state index contributed by atoms with van der Waals surface area (Å²) in [6.45, 7) is 12.2. The van der Waals surface area contributed by atoms with E-state index in [0.29, 0.717) is 52.0 Å². The molecule has 3 aliphatic carbocycles. The van der Waals surface area contributed by atoms with Gasteiger partial charge in [0.05, 0.1) is 48.7 Å². The summed E-state index contributed by atoms with van der Waals surface area (Å²) in [5.74, 6) is 0.282. The van der Waals surface area contributed by atoms with Gasteiger partial charge in [-0.3, -0.25) is 19.2 Å². The number of hydrogen-bond donors (Lipinski definition) is 1. The number of hydrogen-bond acceptors (Lipinski definition) is 14. The molecule has 7 rings (SSSR count). The van der Waals surface area contributed by atoms with Gasteiger partial charge in [0.15, 0.2) is 17.2 Å². The second kappa shape index (κ2) is 18.2. The highest BCUT2D eigenvalue weighted by Crippen LogP contribution is 2.58. The van der Waals surface area contributed by atoms with Gasteiger partial charge in [0.25, 0.3) is 0 Å². The van der Waals surface area contributed by atoms with Gasteiger partial charge in [0.2, 0.25) is 5.91 Å². The van der Waals surface area contributed by atoms with Crippen LogP contribution >= 0.6 is 11.3 Å². The Bertz CT molecular complexity index is 2090. The molecule has 14 nitrogen and oxygen atoms in total. The smallest absolute Gasteiger partial charge is 0.312 e. The van der Waals surface area contributed by atoms with E-state index in [9.17, 15) is 19.2 Å². The lowest BCUT2D eigenvalue weighted by atomic mass is 9.77. The van der Waals surface area contributed by atoms with E-state index in [1.807, 2.05) is 71.2 Å². The first-order chi connectivity index (χ1) is 29.0. The second-order valence-corrected chi connectivity index (χ2v) is 19.6. The molecule has 1 amide bonds. The molecule has 332 valence electrons. The standard InChI is InChI=1S/C46H62N4O10S/c1-10-28-20-46(28,43(54)57-9)21-38(51)37-17-31(22-50(37)42(53)33(45(4,5)6)18-40(52)60-30-14-26-13-27(26)15-30)59-39-19-35(36-24-61-44(49-36)47-25(2)3)48-34-16-29(11-12-32(34)39)58-23-41(55-7)56-8/h11-12,16,19,24-28,30-31,33,37,41H,10,13-15,17-18,20-23H2,1-9H3,(H,47,49)/t26-,27+,28-,30?,31-,33-,37+,46-/m1/s1. The number of thiazole rings is 1. The number of anilines is 1. The minimum absolute atomic E-state index is 0.0209. The van der Waals surface area contributed by atoms with Crippen LogP contribution in [0.3, 0.4) is 0 Å². The Morgan fingerprint density at radius 1 is 0.967 bits per heavy atom. The number of benzene rings is 1. The summed E-state index contributed by atoms with van der Waals surface area (Å²) in [6.07, 6.45) is 3.04. The normalized spacial score (nSPS) is 26.0. The fourth-order valence-electron chi connectivity index (χ4n) is 9.41. The van der Waals surface area contributed by atoms with Crippen molar-refractivity contribution >= 4 is 51.0 Å². The number of fused-ring (bicyclic) bond motifs is 2. The summed E-state index contributed by atoms with van der Waals surface area (Å²) in [5, 5.41) is 6.74. The average molecular weight is 863 g/mol. The van der Waals surface area contributed by atoms with E-state index in [1.54, 1.807) is 19.1 Å². The number of aromatic nitrogens is 2. The zero-order valence-electron chi connectivity index (χ0n) is 37.0. The Morgan fingerprint density at radius 2 is 1.70 bits per heavy atom. The van der Waals surface area contributed by atoms with Crippen molar-refractivity contribution < 1.29 is 47.6 Å². The molecule has 3 saturated carbocycles. The van der Waals surface area contributed by atoms with E-state index >= 15 is 0 Å². The lowest BCUT2D eigenvalue weighted by Crippen LogP contribution is -2.48. The number of ether oxygens (including phenoxy) is 6. The van der Waals surface area contributed by atoms with Crippen LogP contribution in [0.25, 0.3) is 22.3 Å². The number of nitrogens with one attached hydrogen (secondary N) is 1. The van der Waals surface area contributed by atoms with Crippen molar-refractivity contribution in [1.82, 2.24) is 14.9 Å². The maximum absolute atomic E-state index is 14.9. The molecule has 1 saturated heterocycles. The third-order valence-electron chi connectivity index (χ3n) is 13.1. The van der Waals surface area contributed by atoms with Crippen LogP contribution in [0.1, 0.15) is 92.9 Å². The zero-order valence-corrected chi connectivity index (χ0v) is 37.8. The molecule has 61 heavy (non-hydrogen) atoms. The number of pyridine rings is 1. The third-order valence-corrected chi connectivity index (χ3v) is 13.8. The predicted molar refractivity (Wildman–Crippen MR) is 230 cm³/mol. The van der Waals surface area contributed by atoms with Crippen molar-refractivity contribution in [2.45, 2.75) is 123 Å². The Morgan fingerprint density at radius 3 is 2.34 bits per heavy atom. The number of likely N-dealkylation sites (tertiary alicyclic amines) is 1. The summed E-state index contributed by atoms with van der Waals surface area (Å²) in [7, 11) is 4.44. The van der Waals surface area contributed by atoms with Crippen LogP contribution in [0, 0.1) is 34.5 Å². The van der Waals surface area contributed by atoms with Gasteiger partial charge in [0, 0.05) is 56.0 Å². The van der Waals surface area contributed by atoms with E-state index in [0.717, 1.165) is 24.4 Å². The molecule has 4 aliphatic rings. The molecule has 1 aromatic carbocycles. The molecule has 2 aromatic heterocycles. The van der Waals surface area contributed by atoms with E-state index in [2.05, 4.69) is 5.32 Å². The molecule has 1 unspecified atom stereocenters. The van der Waals surface area contributed by atoms with Gasteiger partial charge >= 0.3 is 11.9 Å². The number of carbonyl (C=O) groups is 4. The molecule has 15 heteroatoms. The van der Waals surface area contributed by atoms with Crippen molar-refractivity contribution in [3.05, 3.63) is 29.6 Å². The molecule has 1 N–H and O–H groups in total. The summed E-state index contributed by atoms with van der Waals surface area (Å²) in [4.78, 5) is 67.5. The highest BCUT2D eigenvalue weighted by atomic mass is 32.1. The molecule has 4 fully saturated rings. The molecule has 0 spiro atoms. The first-order valence-corrected chi connectivity index (χ1v) is 22.6. The first-order valence-electron chi connectivity index (χ1n) is 21.7. The molecule has 1 aliphatic heterocycles. The Balaban J connectivity index is 1.20. The van der Waals surface area contributed by atoms with Gasteiger partial charge in [-0.25, -0.2) is 9.97 Å². The number of amides is 1. The number of esters is 2. The molecule has 0 radical (unpaired) electrons. The van der Waals surface area contributed by atoms with Gasteiger partial charge in [-0.15, -0.1) is 11.3 Å². The SMILES string of the molecule is CC[C@@H]1C[C@]1(CC(=O)[C@@H]1C[C@@H](Oc2cc(-c3csc(NC(C)C)n3)nc3cc(OCC(OC)OC)ccc23)CN1C(=O)[C@@H](CC(=O)OC1C[C@@H]2C[C@@H]2C1)C(C)(C)C)C(=O)OC.